The van der Waals surface area contributed by atoms with Crippen LogP contribution >= 0.6 is 0 Å². The fraction of sp³-hybridized carbons (Fsp3) is 0.800. The van der Waals surface area contributed by atoms with Gasteiger partial charge in [0.2, 0.25) is 0 Å². The highest BCUT2D eigenvalue weighted by Crippen LogP contribution is 2.11. The molecule has 0 bridgehead atoms. The third-order valence-corrected chi connectivity index (χ3v) is 2.28. The number of rotatable bonds is 6. The van der Waals surface area contributed by atoms with E-state index in [-0.39, 0.29) is 6.04 Å². The maximum Gasteiger partial charge on any atom is 0.0994 e. The van der Waals surface area contributed by atoms with Crippen LogP contribution in [0.5, 0.6) is 0 Å². The molecule has 0 amide bonds. The van der Waals surface area contributed by atoms with E-state index in [0.717, 1.165) is 31.5 Å². The minimum Gasteiger partial charge on any atom is -0.323 e. The Morgan fingerprint density at radius 3 is 2.86 bits per heavy atom. The van der Waals surface area contributed by atoms with Gasteiger partial charge in [0.25, 0.3) is 0 Å². The molecule has 0 saturated heterocycles. The Hall–Kier alpha value is -0.900. The molecule has 1 aromatic rings. The highest BCUT2D eigenvalue weighted by Gasteiger charge is 2.08. The number of aromatic nitrogens is 3. The van der Waals surface area contributed by atoms with Gasteiger partial charge in [-0.3, -0.25) is 4.68 Å². The Labute approximate surface area is 85.5 Å². The van der Waals surface area contributed by atoms with E-state index in [4.69, 9.17) is 5.73 Å². The molecule has 1 atom stereocenters. The Balaban J connectivity index is 2.49. The minimum absolute atomic E-state index is 0.0513. The summed E-state index contributed by atoms with van der Waals surface area (Å²) < 4.78 is 1.88. The summed E-state index contributed by atoms with van der Waals surface area (Å²) in [5, 5.41) is 8.12. The van der Waals surface area contributed by atoms with Crippen LogP contribution in [0.15, 0.2) is 6.20 Å². The van der Waals surface area contributed by atoms with Crippen molar-refractivity contribution in [2.45, 2.75) is 52.1 Å². The summed E-state index contributed by atoms with van der Waals surface area (Å²) in [5.41, 5.74) is 6.85. The van der Waals surface area contributed by atoms with Crippen molar-refractivity contribution in [2.24, 2.45) is 5.73 Å². The van der Waals surface area contributed by atoms with Crippen molar-refractivity contribution in [1.29, 1.82) is 0 Å². The average Bonchev–Trinajstić information content (AvgIpc) is 2.63. The van der Waals surface area contributed by atoms with Crippen LogP contribution < -0.4 is 5.73 Å². The topological polar surface area (TPSA) is 56.7 Å². The molecule has 0 aliphatic carbocycles. The van der Waals surface area contributed by atoms with Gasteiger partial charge in [0, 0.05) is 6.54 Å². The molecule has 0 aliphatic rings. The smallest absolute Gasteiger partial charge is 0.0994 e. The number of unbranched alkanes of at least 4 members (excludes halogenated alkanes) is 1. The van der Waals surface area contributed by atoms with Crippen LogP contribution in [0.3, 0.4) is 0 Å². The molecule has 0 radical (unpaired) electrons. The van der Waals surface area contributed by atoms with Gasteiger partial charge in [0.05, 0.1) is 17.9 Å². The van der Waals surface area contributed by atoms with Gasteiger partial charge in [-0.1, -0.05) is 31.9 Å². The molecular weight excluding hydrogens is 176 g/mol. The third kappa shape index (κ3) is 3.10. The van der Waals surface area contributed by atoms with Gasteiger partial charge in [-0.25, -0.2) is 0 Å². The standard InChI is InChI=1S/C10H20N4/c1-3-5-7-14-8-10(12-13-14)9(11)6-4-2/h8-9H,3-7,11H2,1-2H3. The molecule has 0 spiro atoms. The van der Waals surface area contributed by atoms with E-state index >= 15 is 0 Å². The third-order valence-electron chi connectivity index (χ3n) is 2.28. The normalized spacial score (nSPS) is 13.1. The van der Waals surface area contributed by atoms with Crippen molar-refractivity contribution in [3.8, 4) is 0 Å². The molecule has 4 nitrogen and oxygen atoms in total. The Morgan fingerprint density at radius 1 is 1.43 bits per heavy atom. The highest BCUT2D eigenvalue weighted by molar-refractivity contribution is 4.99. The van der Waals surface area contributed by atoms with E-state index in [2.05, 4.69) is 24.2 Å². The lowest BCUT2D eigenvalue weighted by molar-refractivity contribution is 0.552. The molecule has 1 unspecified atom stereocenters. The zero-order valence-corrected chi connectivity index (χ0v) is 9.11. The molecule has 14 heavy (non-hydrogen) atoms. The fourth-order valence-corrected chi connectivity index (χ4v) is 1.37. The van der Waals surface area contributed by atoms with Crippen LogP contribution in [0, 0.1) is 0 Å². The summed E-state index contributed by atoms with van der Waals surface area (Å²) >= 11 is 0. The Bertz CT molecular complexity index is 256. The van der Waals surface area contributed by atoms with Gasteiger partial charge in [-0.15, -0.1) is 5.10 Å². The summed E-state index contributed by atoms with van der Waals surface area (Å²) in [7, 11) is 0. The zero-order valence-electron chi connectivity index (χ0n) is 9.11. The lowest BCUT2D eigenvalue weighted by atomic mass is 10.1. The molecule has 0 aromatic carbocycles. The lowest BCUT2D eigenvalue weighted by Gasteiger charge is -2.04. The second-order valence-corrected chi connectivity index (χ2v) is 3.66. The first-order chi connectivity index (χ1) is 6.77. The van der Waals surface area contributed by atoms with Crippen LogP contribution in [0.2, 0.25) is 0 Å². The maximum atomic E-state index is 5.93. The monoisotopic (exact) mass is 196 g/mol. The molecule has 0 saturated carbocycles. The fourth-order valence-electron chi connectivity index (χ4n) is 1.37. The molecule has 80 valence electrons. The van der Waals surface area contributed by atoms with Gasteiger partial charge in [0.15, 0.2) is 0 Å². The maximum absolute atomic E-state index is 5.93. The van der Waals surface area contributed by atoms with E-state index in [1.54, 1.807) is 0 Å². The van der Waals surface area contributed by atoms with Crippen LogP contribution in [-0.4, -0.2) is 15.0 Å². The Morgan fingerprint density at radius 2 is 2.21 bits per heavy atom. The minimum atomic E-state index is 0.0513. The van der Waals surface area contributed by atoms with Gasteiger partial charge < -0.3 is 5.73 Å². The molecule has 4 heteroatoms. The van der Waals surface area contributed by atoms with Gasteiger partial charge in [-0.05, 0) is 12.8 Å². The van der Waals surface area contributed by atoms with Crippen molar-refractivity contribution in [1.82, 2.24) is 15.0 Å². The number of nitrogens with two attached hydrogens (primary N) is 1. The number of nitrogens with zero attached hydrogens (tertiary/aromatic N) is 3. The van der Waals surface area contributed by atoms with Crippen LogP contribution in [0.25, 0.3) is 0 Å². The van der Waals surface area contributed by atoms with Crippen LogP contribution in [-0.2, 0) is 6.54 Å². The molecule has 1 aromatic heterocycles. The van der Waals surface area contributed by atoms with E-state index in [1.165, 1.54) is 6.42 Å². The summed E-state index contributed by atoms with van der Waals surface area (Å²) in [6, 6.07) is 0.0513. The predicted octanol–water partition coefficient (Wildman–Crippen LogP) is 1.88. The first-order valence-electron chi connectivity index (χ1n) is 5.43. The molecule has 0 aliphatic heterocycles. The van der Waals surface area contributed by atoms with Crippen molar-refractivity contribution in [3.63, 3.8) is 0 Å². The SMILES string of the molecule is CCCCn1cc(C(N)CCC)nn1. The van der Waals surface area contributed by atoms with Crippen molar-refractivity contribution in [2.75, 3.05) is 0 Å². The predicted molar refractivity (Wildman–Crippen MR) is 56.8 cm³/mol. The first kappa shape index (κ1) is 11.2. The number of hydrogen-bond donors (Lipinski definition) is 1. The average molecular weight is 196 g/mol. The molecular formula is C10H20N4. The lowest BCUT2D eigenvalue weighted by Crippen LogP contribution is -2.10. The van der Waals surface area contributed by atoms with Crippen molar-refractivity contribution in [3.05, 3.63) is 11.9 Å². The van der Waals surface area contributed by atoms with E-state index in [9.17, 15) is 0 Å². The largest absolute Gasteiger partial charge is 0.323 e. The molecule has 0 fully saturated rings. The zero-order chi connectivity index (χ0) is 10.4. The second-order valence-electron chi connectivity index (χ2n) is 3.66. The summed E-state index contributed by atoms with van der Waals surface area (Å²) in [6.07, 6.45) is 6.35. The van der Waals surface area contributed by atoms with Crippen LogP contribution in [0.1, 0.15) is 51.3 Å². The molecule has 1 heterocycles. The Kier molecular flexibility index (Phi) is 4.59. The highest BCUT2D eigenvalue weighted by atomic mass is 15.4. The summed E-state index contributed by atoms with van der Waals surface area (Å²) in [6.45, 7) is 5.24. The number of hydrogen-bond acceptors (Lipinski definition) is 3. The summed E-state index contributed by atoms with van der Waals surface area (Å²) in [4.78, 5) is 0. The van der Waals surface area contributed by atoms with E-state index in [1.807, 2.05) is 10.9 Å². The van der Waals surface area contributed by atoms with Gasteiger partial charge >= 0.3 is 0 Å². The molecule has 1 rings (SSSR count). The number of aryl methyl sites for hydroxylation is 1. The van der Waals surface area contributed by atoms with Gasteiger partial charge in [-0.2, -0.15) is 0 Å². The van der Waals surface area contributed by atoms with Crippen molar-refractivity contribution < 1.29 is 0 Å². The summed E-state index contributed by atoms with van der Waals surface area (Å²) in [5.74, 6) is 0. The second kappa shape index (κ2) is 5.75. The van der Waals surface area contributed by atoms with Crippen molar-refractivity contribution >= 4 is 0 Å². The van der Waals surface area contributed by atoms with Crippen LogP contribution in [0.4, 0.5) is 0 Å². The van der Waals surface area contributed by atoms with E-state index < -0.39 is 0 Å². The quantitative estimate of drug-likeness (QED) is 0.755. The molecule has 2 N–H and O–H groups in total. The first-order valence-corrected chi connectivity index (χ1v) is 5.43. The van der Waals surface area contributed by atoms with Gasteiger partial charge in [0.1, 0.15) is 0 Å². The van der Waals surface area contributed by atoms with E-state index in [0.29, 0.717) is 0 Å².